The van der Waals surface area contributed by atoms with Crippen molar-refractivity contribution in [2.24, 2.45) is 10.8 Å². The van der Waals surface area contributed by atoms with Crippen LogP contribution in [0, 0.1) is 10.8 Å². The fourth-order valence-electron chi connectivity index (χ4n) is 7.90. The van der Waals surface area contributed by atoms with Crippen molar-refractivity contribution < 1.29 is 14.4 Å². The first-order valence-corrected chi connectivity index (χ1v) is 17.2. The number of hydrogen-bond donors (Lipinski definition) is 3. The second kappa shape index (κ2) is 13.1. The lowest BCUT2D eigenvalue weighted by Crippen LogP contribution is -2.55. The molecule has 3 aromatic rings. The average Bonchev–Trinajstić information content (AvgIpc) is 3.60. The van der Waals surface area contributed by atoms with Crippen molar-refractivity contribution in [1.82, 2.24) is 16.0 Å². The van der Waals surface area contributed by atoms with Crippen LogP contribution in [-0.4, -0.2) is 30.3 Å². The summed E-state index contributed by atoms with van der Waals surface area (Å²) in [5.41, 5.74) is 4.35. The number of rotatable bonds is 9. The Kier molecular flexibility index (Phi) is 9.09. The summed E-state index contributed by atoms with van der Waals surface area (Å²) in [6, 6.07) is 25.5. The van der Waals surface area contributed by atoms with Gasteiger partial charge in [-0.25, -0.2) is 0 Å². The lowest BCUT2D eigenvalue weighted by Gasteiger charge is -2.52. The molecule has 242 valence electrons. The molecule has 6 nitrogen and oxygen atoms in total. The minimum atomic E-state index is -0.693. The van der Waals surface area contributed by atoms with Gasteiger partial charge in [-0.2, -0.15) is 0 Å². The maximum absolute atomic E-state index is 13.9. The first kappa shape index (κ1) is 32.0. The van der Waals surface area contributed by atoms with E-state index in [0.29, 0.717) is 12.1 Å². The molecule has 4 aliphatic carbocycles. The van der Waals surface area contributed by atoms with Crippen molar-refractivity contribution in [3.05, 3.63) is 95.6 Å². The number of benzene rings is 3. The molecular weight excluding hydrogens is 570 g/mol. The van der Waals surface area contributed by atoms with Crippen molar-refractivity contribution in [3.63, 3.8) is 0 Å². The Hall–Kier alpha value is -3.93. The predicted octanol–water partition coefficient (Wildman–Crippen LogP) is 7.64. The largest absolute Gasteiger partial charge is 0.351 e. The highest BCUT2D eigenvalue weighted by Gasteiger charge is 2.52. The molecule has 3 amide bonds. The predicted molar refractivity (Wildman–Crippen MR) is 183 cm³/mol. The lowest BCUT2D eigenvalue weighted by molar-refractivity contribution is -0.143. The monoisotopic (exact) mass is 619 g/mol. The van der Waals surface area contributed by atoms with Gasteiger partial charge >= 0.3 is 0 Å². The number of carbonyl (C=O) groups excluding carboxylic acids is 3. The van der Waals surface area contributed by atoms with E-state index in [0.717, 1.165) is 80.9 Å². The van der Waals surface area contributed by atoms with Gasteiger partial charge in [-0.15, -0.1) is 0 Å². The van der Waals surface area contributed by atoms with E-state index in [2.05, 4.69) is 61.0 Å². The molecule has 4 saturated carbocycles. The van der Waals surface area contributed by atoms with Gasteiger partial charge in [0.25, 0.3) is 5.91 Å². The normalized spacial score (nSPS) is 23.5. The van der Waals surface area contributed by atoms with E-state index >= 15 is 0 Å². The van der Waals surface area contributed by atoms with Crippen molar-refractivity contribution in [2.45, 2.75) is 102 Å². The Balaban J connectivity index is 1.09. The van der Waals surface area contributed by atoms with Crippen LogP contribution in [0.4, 0.5) is 0 Å². The Morgan fingerprint density at radius 3 is 2.02 bits per heavy atom. The van der Waals surface area contributed by atoms with Gasteiger partial charge in [0.2, 0.25) is 11.8 Å². The second-order valence-corrected chi connectivity index (χ2v) is 15.1. The lowest BCUT2D eigenvalue weighted by atomic mass is 9.53. The second-order valence-electron chi connectivity index (χ2n) is 15.1. The third-order valence-corrected chi connectivity index (χ3v) is 11.1. The van der Waals surface area contributed by atoms with Gasteiger partial charge in [0.05, 0.1) is 0 Å². The molecular formula is C40H49N3O3. The zero-order valence-electron chi connectivity index (χ0n) is 27.7. The van der Waals surface area contributed by atoms with Crippen molar-refractivity contribution >= 4 is 17.7 Å². The van der Waals surface area contributed by atoms with E-state index in [1.54, 1.807) is 0 Å². The minimum absolute atomic E-state index is 0.000327. The van der Waals surface area contributed by atoms with Crippen LogP contribution < -0.4 is 16.0 Å². The molecule has 0 aliphatic heterocycles. The molecule has 6 heteroatoms. The third-order valence-electron chi connectivity index (χ3n) is 11.1. The van der Waals surface area contributed by atoms with Crippen molar-refractivity contribution in [2.75, 3.05) is 6.54 Å². The van der Waals surface area contributed by atoms with E-state index < -0.39 is 11.5 Å². The van der Waals surface area contributed by atoms with Crippen LogP contribution in [-0.2, 0) is 15.0 Å². The summed E-state index contributed by atoms with van der Waals surface area (Å²) >= 11 is 0. The maximum Gasteiger partial charge on any atom is 0.251 e. The van der Waals surface area contributed by atoms with E-state index in [4.69, 9.17) is 0 Å². The fourth-order valence-corrected chi connectivity index (χ4v) is 7.90. The standard InChI is InChI=1S/C40H49N3O3/c1-38(2,3)30-19-17-28(18-20-30)32-15-9-10-16-33(32)35(44)41-27-39-21-24-40(25-22-39,26-23-39)37(46)43-34(29-11-5-4-6-12-29)36(45)42-31-13-7-8-14-31/h4-6,9-12,15-20,31,34H,7-8,13-14,21-27H2,1-3H3,(H,41,44)(H,42,45)(H,43,46)/t34-,39?,40?/m0/s1. The first-order chi connectivity index (χ1) is 22.1. The molecule has 0 radical (unpaired) electrons. The Bertz CT molecular complexity index is 1530. The van der Waals surface area contributed by atoms with Gasteiger partial charge in [0.15, 0.2) is 0 Å². The summed E-state index contributed by atoms with van der Waals surface area (Å²) in [6.45, 7) is 7.21. The van der Waals surface area contributed by atoms with Gasteiger partial charge < -0.3 is 16.0 Å². The average molecular weight is 620 g/mol. The van der Waals surface area contributed by atoms with E-state index in [-0.39, 0.29) is 34.6 Å². The molecule has 2 bridgehead atoms. The van der Waals surface area contributed by atoms with Gasteiger partial charge in [-0.3, -0.25) is 14.4 Å². The molecule has 3 aromatic carbocycles. The van der Waals surface area contributed by atoms with E-state index in [1.165, 1.54) is 5.56 Å². The molecule has 4 aliphatic rings. The topological polar surface area (TPSA) is 87.3 Å². The number of amides is 3. The smallest absolute Gasteiger partial charge is 0.251 e. The zero-order valence-corrected chi connectivity index (χ0v) is 27.7. The summed E-state index contributed by atoms with van der Waals surface area (Å²) in [7, 11) is 0. The Labute approximate surface area is 274 Å². The molecule has 0 spiro atoms. The number of nitrogens with one attached hydrogen (secondary N) is 3. The minimum Gasteiger partial charge on any atom is -0.351 e. The summed E-state index contributed by atoms with van der Waals surface area (Å²) in [4.78, 5) is 41.0. The van der Waals surface area contributed by atoms with Crippen LogP contribution in [0.1, 0.15) is 113 Å². The Morgan fingerprint density at radius 2 is 1.39 bits per heavy atom. The Morgan fingerprint density at radius 1 is 0.783 bits per heavy atom. The summed E-state index contributed by atoms with van der Waals surface area (Å²) in [6.07, 6.45) is 9.26. The molecule has 0 unspecified atom stereocenters. The highest BCUT2D eigenvalue weighted by molar-refractivity contribution is 6.01. The van der Waals surface area contributed by atoms with Crippen molar-refractivity contribution in [1.29, 1.82) is 0 Å². The summed E-state index contributed by atoms with van der Waals surface area (Å²) in [5, 5.41) is 9.67. The quantitative estimate of drug-likeness (QED) is 0.230. The van der Waals surface area contributed by atoms with Gasteiger partial charge in [-0.1, -0.05) is 106 Å². The van der Waals surface area contributed by atoms with Crippen LogP contribution in [0.2, 0.25) is 0 Å². The van der Waals surface area contributed by atoms with Gasteiger partial charge in [0.1, 0.15) is 6.04 Å². The van der Waals surface area contributed by atoms with Crippen LogP contribution in [0.3, 0.4) is 0 Å². The van der Waals surface area contributed by atoms with E-state index in [9.17, 15) is 14.4 Å². The molecule has 0 heterocycles. The highest BCUT2D eigenvalue weighted by Crippen LogP contribution is 2.57. The zero-order chi connectivity index (χ0) is 32.4. The van der Waals surface area contributed by atoms with Crippen LogP contribution in [0.15, 0.2) is 78.9 Å². The fraction of sp³-hybridized carbons (Fsp3) is 0.475. The van der Waals surface area contributed by atoms with Gasteiger partial charge in [-0.05, 0) is 90.5 Å². The maximum atomic E-state index is 13.9. The third kappa shape index (κ3) is 6.77. The van der Waals surface area contributed by atoms with Gasteiger partial charge in [0, 0.05) is 23.6 Å². The molecule has 0 saturated heterocycles. The molecule has 46 heavy (non-hydrogen) atoms. The van der Waals surface area contributed by atoms with Crippen LogP contribution in [0.25, 0.3) is 11.1 Å². The highest BCUT2D eigenvalue weighted by atomic mass is 16.2. The van der Waals surface area contributed by atoms with E-state index in [1.807, 2.05) is 54.6 Å². The molecule has 3 N–H and O–H groups in total. The molecule has 4 fully saturated rings. The molecule has 0 aromatic heterocycles. The van der Waals surface area contributed by atoms with Crippen molar-refractivity contribution in [3.8, 4) is 11.1 Å². The number of carbonyl (C=O) groups is 3. The SMILES string of the molecule is CC(C)(C)c1ccc(-c2ccccc2C(=O)NCC23CCC(C(=O)N[C@H](C(=O)NC4CCCC4)c4ccccc4)(CC2)CC3)cc1. The number of fused-ring (bicyclic) bond motifs is 3. The van der Waals surface area contributed by atoms with Crippen LogP contribution >= 0.6 is 0 Å². The number of hydrogen-bond acceptors (Lipinski definition) is 3. The molecule has 7 rings (SSSR count). The molecule has 1 atom stereocenters. The summed E-state index contributed by atoms with van der Waals surface area (Å²) in [5.74, 6) is -0.173. The van der Waals surface area contributed by atoms with Crippen LogP contribution in [0.5, 0.6) is 0 Å². The summed E-state index contributed by atoms with van der Waals surface area (Å²) < 4.78 is 0. The first-order valence-electron chi connectivity index (χ1n) is 17.2.